The summed E-state index contributed by atoms with van der Waals surface area (Å²) < 4.78 is 40.4. The molecule has 0 radical (unpaired) electrons. The Bertz CT molecular complexity index is 1010. The fourth-order valence-electron chi connectivity index (χ4n) is 4.29. The molecule has 2 aromatic rings. The van der Waals surface area contributed by atoms with Crippen molar-refractivity contribution < 1.29 is 18.0 Å². The number of amides is 1. The number of aromatic nitrogens is 4. The van der Waals surface area contributed by atoms with Crippen LogP contribution in [-0.4, -0.2) is 49.3 Å². The molecule has 0 spiro atoms. The number of carbonyl (C=O) groups is 1. The minimum absolute atomic E-state index is 0.0444. The lowest BCUT2D eigenvalue weighted by Gasteiger charge is -2.38. The highest BCUT2D eigenvalue weighted by Crippen LogP contribution is 2.37. The molecule has 2 aromatic heterocycles. The fraction of sp³-hybridized carbons (Fsp3) is 0.579. The van der Waals surface area contributed by atoms with Crippen molar-refractivity contribution in [2.24, 2.45) is 5.92 Å². The maximum Gasteiger partial charge on any atom is 0.391 e. The minimum atomic E-state index is -4.24. The largest absolute Gasteiger partial charge is 0.391 e. The number of nitrogens with one attached hydrogen (secondary N) is 1. The average molecular weight is 409 g/mol. The van der Waals surface area contributed by atoms with Crippen molar-refractivity contribution in [2.45, 2.75) is 58.2 Å². The zero-order chi connectivity index (χ0) is 20.9. The van der Waals surface area contributed by atoms with Crippen LogP contribution in [-0.2, 0) is 12.8 Å². The molecular weight excluding hydrogens is 387 g/mol. The Hall–Kier alpha value is -2.65. The van der Waals surface area contributed by atoms with Crippen LogP contribution >= 0.6 is 0 Å². The number of nitrogens with zero attached hydrogens (tertiary/aromatic N) is 4. The molecule has 0 unspecified atom stereocenters. The van der Waals surface area contributed by atoms with Crippen LogP contribution < -0.4 is 5.56 Å². The summed E-state index contributed by atoms with van der Waals surface area (Å²) >= 11 is 0. The Morgan fingerprint density at radius 2 is 2.07 bits per heavy atom. The van der Waals surface area contributed by atoms with Crippen molar-refractivity contribution in [3.05, 3.63) is 39.1 Å². The predicted molar refractivity (Wildman–Crippen MR) is 98.0 cm³/mol. The third kappa shape index (κ3) is 3.44. The van der Waals surface area contributed by atoms with E-state index in [-0.39, 0.29) is 36.8 Å². The summed E-state index contributed by atoms with van der Waals surface area (Å²) in [5.41, 5.74) is 2.02. The van der Waals surface area contributed by atoms with Crippen molar-refractivity contribution in [3.8, 4) is 5.95 Å². The summed E-state index contributed by atoms with van der Waals surface area (Å²) in [4.78, 5) is 33.9. The van der Waals surface area contributed by atoms with Gasteiger partial charge in [0.2, 0.25) is 5.95 Å². The number of carbonyl (C=O) groups excluding carboxylic acids is 1. The van der Waals surface area contributed by atoms with Gasteiger partial charge in [0.05, 0.1) is 29.1 Å². The van der Waals surface area contributed by atoms with Gasteiger partial charge in [-0.2, -0.15) is 18.3 Å². The Morgan fingerprint density at radius 3 is 2.76 bits per heavy atom. The first-order valence-corrected chi connectivity index (χ1v) is 9.71. The van der Waals surface area contributed by atoms with Crippen LogP contribution in [0.3, 0.4) is 0 Å². The molecule has 1 aliphatic carbocycles. The molecule has 1 aliphatic heterocycles. The number of halogens is 3. The molecule has 0 saturated carbocycles. The molecule has 4 rings (SSSR count). The summed E-state index contributed by atoms with van der Waals surface area (Å²) in [6, 6.07) is -0.524. The maximum atomic E-state index is 13.0. The first-order chi connectivity index (χ1) is 13.7. The topological polar surface area (TPSA) is 83.9 Å². The van der Waals surface area contributed by atoms with Gasteiger partial charge in [0, 0.05) is 18.2 Å². The van der Waals surface area contributed by atoms with Crippen molar-refractivity contribution in [2.75, 3.05) is 6.54 Å². The molecule has 156 valence electrons. The predicted octanol–water partition coefficient (Wildman–Crippen LogP) is 2.56. The number of piperidine rings is 1. The second-order valence-electron chi connectivity index (χ2n) is 7.83. The third-order valence-corrected chi connectivity index (χ3v) is 5.97. The van der Waals surface area contributed by atoms with E-state index < -0.39 is 18.1 Å². The van der Waals surface area contributed by atoms with Crippen LogP contribution in [0.1, 0.15) is 53.5 Å². The molecule has 1 N–H and O–H groups in total. The van der Waals surface area contributed by atoms with Gasteiger partial charge in [-0.05, 0) is 46.0 Å². The molecule has 3 heterocycles. The van der Waals surface area contributed by atoms with Gasteiger partial charge in [-0.15, -0.1) is 0 Å². The summed E-state index contributed by atoms with van der Waals surface area (Å²) in [5, 5.41) is 4.20. The smallest absolute Gasteiger partial charge is 0.336 e. The normalized spacial score (nSPS) is 22.0. The van der Waals surface area contributed by atoms with Gasteiger partial charge >= 0.3 is 6.18 Å². The number of H-pyrrole nitrogens is 1. The zero-order valence-electron chi connectivity index (χ0n) is 16.2. The van der Waals surface area contributed by atoms with Gasteiger partial charge in [-0.25, -0.2) is 9.67 Å². The van der Waals surface area contributed by atoms with Gasteiger partial charge in [-0.1, -0.05) is 0 Å². The second-order valence-corrected chi connectivity index (χ2v) is 7.83. The van der Waals surface area contributed by atoms with Gasteiger partial charge in [0.15, 0.2) is 0 Å². The molecule has 1 fully saturated rings. The minimum Gasteiger partial charge on any atom is -0.336 e. The van der Waals surface area contributed by atoms with E-state index in [1.807, 2.05) is 0 Å². The Labute approximate surface area is 164 Å². The quantitative estimate of drug-likeness (QED) is 0.826. The van der Waals surface area contributed by atoms with E-state index in [0.717, 1.165) is 18.5 Å². The number of aromatic amines is 1. The molecule has 0 bridgehead atoms. The van der Waals surface area contributed by atoms with Gasteiger partial charge in [0.1, 0.15) is 0 Å². The highest BCUT2D eigenvalue weighted by atomic mass is 19.4. The molecule has 1 amide bonds. The van der Waals surface area contributed by atoms with Crippen LogP contribution in [0.25, 0.3) is 5.95 Å². The highest BCUT2D eigenvalue weighted by Gasteiger charge is 2.44. The van der Waals surface area contributed by atoms with E-state index in [1.54, 1.807) is 13.8 Å². The Morgan fingerprint density at radius 1 is 1.31 bits per heavy atom. The van der Waals surface area contributed by atoms with E-state index in [9.17, 15) is 22.8 Å². The fourth-order valence-corrected chi connectivity index (χ4v) is 4.29. The standard InChI is InChI=1S/C19H22F3N5O2/c1-10-8-12(19(20,21)22)6-7-26(10)17(29)14-9-23-27(11(14)2)18-24-15-5-3-4-13(15)16(28)25-18/h9-10,12H,3-8H2,1-2H3,(H,24,25,28)/t10-,12-/m0/s1. The molecule has 2 atom stereocenters. The van der Waals surface area contributed by atoms with Crippen molar-refractivity contribution in [1.29, 1.82) is 0 Å². The van der Waals surface area contributed by atoms with Crippen molar-refractivity contribution >= 4 is 5.91 Å². The molecule has 7 nitrogen and oxygen atoms in total. The first-order valence-electron chi connectivity index (χ1n) is 9.71. The average Bonchev–Trinajstić information content (AvgIpc) is 3.27. The SMILES string of the molecule is Cc1c(C(=O)N2CC[C@H](C(F)(F)F)C[C@@H]2C)cnn1-c1nc2c(c(=O)[nH]1)CCC2. The van der Waals surface area contributed by atoms with Gasteiger partial charge in [0.25, 0.3) is 11.5 Å². The van der Waals surface area contributed by atoms with Crippen LogP contribution in [0.2, 0.25) is 0 Å². The number of rotatable bonds is 2. The Kier molecular flexibility index (Phi) is 4.74. The van der Waals surface area contributed by atoms with Crippen LogP contribution in [0, 0.1) is 12.8 Å². The number of aryl methyl sites for hydroxylation is 1. The third-order valence-electron chi connectivity index (χ3n) is 5.97. The van der Waals surface area contributed by atoms with E-state index in [4.69, 9.17) is 0 Å². The van der Waals surface area contributed by atoms with E-state index in [0.29, 0.717) is 23.2 Å². The molecule has 2 aliphatic rings. The number of hydrogen-bond donors (Lipinski definition) is 1. The number of fused-ring (bicyclic) bond motifs is 1. The van der Waals surface area contributed by atoms with Crippen molar-refractivity contribution in [3.63, 3.8) is 0 Å². The monoisotopic (exact) mass is 409 g/mol. The zero-order valence-corrected chi connectivity index (χ0v) is 16.2. The van der Waals surface area contributed by atoms with Crippen LogP contribution in [0.15, 0.2) is 11.0 Å². The van der Waals surface area contributed by atoms with E-state index in [1.165, 1.54) is 15.8 Å². The number of likely N-dealkylation sites (tertiary alicyclic amines) is 1. The Balaban J connectivity index is 1.59. The molecule has 29 heavy (non-hydrogen) atoms. The highest BCUT2D eigenvalue weighted by molar-refractivity contribution is 5.95. The number of hydrogen-bond acceptors (Lipinski definition) is 4. The van der Waals surface area contributed by atoms with Gasteiger partial charge < -0.3 is 4.90 Å². The summed E-state index contributed by atoms with van der Waals surface area (Å²) in [6.45, 7) is 3.36. The maximum absolute atomic E-state index is 13.0. The van der Waals surface area contributed by atoms with E-state index in [2.05, 4.69) is 15.1 Å². The molecule has 10 heteroatoms. The summed E-state index contributed by atoms with van der Waals surface area (Å²) in [7, 11) is 0. The molecular formula is C19H22F3N5O2. The van der Waals surface area contributed by atoms with Crippen LogP contribution in [0.4, 0.5) is 13.2 Å². The summed E-state index contributed by atoms with van der Waals surface area (Å²) in [5.74, 6) is -1.49. The van der Waals surface area contributed by atoms with E-state index >= 15 is 0 Å². The lowest BCUT2D eigenvalue weighted by Crippen LogP contribution is -2.47. The van der Waals surface area contributed by atoms with Crippen LogP contribution in [0.5, 0.6) is 0 Å². The number of alkyl halides is 3. The van der Waals surface area contributed by atoms with Crippen molar-refractivity contribution in [1.82, 2.24) is 24.6 Å². The summed E-state index contributed by atoms with van der Waals surface area (Å²) in [6.07, 6.45) is -0.768. The second kappa shape index (κ2) is 7.00. The lowest BCUT2D eigenvalue weighted by atomic mass is 9.90. The first kappa shape index (κ1) is 19.7. The molecule has 1 saturated heterocycles. The van der Waals surface area contributed by atoms with Gasteiger partial charge in [-0.3, -0.25) is 14.6 Å². The lowest BCUT2D eigenvalue weighted by molar-refractivity contribution is -0.187. The molecule has 0 aromatic carbocycles.